The minimum Gasteiger partial charge on any atom is -0.326 e. The quantitative estimate of drug-likeness (QED) is 0.840. The lowest BCUT2D eigenvalue weighted by Gasteiger charge is -2.26. The lowest BCUT2D eigenvalue weighted by Crippen LogP contribution is -2.33. The summed E-state index contributed by atoms with van der Waals surface area (Å²) < 4.78 is 13.6. The van der Waals surface area contributed by atoms with E-state index < -0.39 is 5.82 Å². The summed E-state index contributed by atoms with van der Waals surface area (Å²) in [6, 6.07) is 4.46. The fourth-order valence-corrected chi connectivity index (χ4v) is 2.90. The highest BCUT2D eigenvalue weighted by Crippen LogP contribution is 2.41. The summed E-state index contributed by atoms with van der Waals surface area (Å²) in [5.74, 6) is 4.93. The molecule has 3 N–H and O–H groups in total. The molecular weight excluding hydrogens is 267 g/mol. The molecule has 0 heterocycles. The van der Waals surface area contributed by atoms with Crippen molar-refractivity contribution < 1.29 is 9.18 Å². The molecular formula is C17H21FN2O. The summed E-state index contributed by atoms with van der Waals surface area (Å²) in [6.07, 6.45) is 4.88. The van der Waals surface area contributed by atoms with E-state index in [-0.39, 0.29) is 23.4 Å². The number of hydrogen-bond donors (Lipinski definition) is 2. The largest absolute Gasteiger partial charge is 0.326 e. The van der Waals surface area contributed by atoms with Crippen LogP contribution in [0.4, 0.5) is 10.1 Å². The number of amides is 1. The molecule has 1 saturated carbocycles. The molecule has 2 rings (SSSR count). The number of rotatable bonds is 3. The fraction of sp³-hybridized carbons (Fsp3) is 0.471. The van der Waals surface area contributed by atoms with Crippen molar-refractivity contribution in [3.63, 3.8) is 0 Å². The first-order chi connectivity index (χ1) is 10.1. The minimum absolute atomic E-state index is 0.0341. The van der Waals surface area contributed by atoms with E-state index >= 15 is 0 Å². The van der Waals surface area contributed by atoms with Gasteiger partial charge in [-0.2, -0.15) is 0 Å². The smallest absolute Gasteiger partial charge is 0.230 e. The van der Waals surface area contributed by atoms with Gasteiger partial charge in [-0.25, -0.2) is 4.39 Å². The Morgan fingerprint density at radius 1 is 1.43 bits per heavy atom. The molecule has 1 aliphatic rings. The van der Waals surface area contributed by atoms with Crippen LogP contribution in [-0.2, 0) is 4.79 Å². The monoisotopic (exact) mass is 288 g/mol. The highest BCUT2D eigenvalue weighted by atomic mass is 19.1. The molecule has 1 aromatic rings. The first-order valence-corrected chi connectivity index (χ1v) is 7.41. The second kappa shape index (κ2) is 6.73. The van der Waals surface area contributed by atoms with Gasteiger partial charge in [0.15, 0.2) is 0 Å². The topological polar surface area (TPSA) is 55.1 Å². The number of hydrogen-bond acceptors (Lipinski definition) is 2. The maximum Gasteiger partial charge on any atom is 0.230 e. The lowest BCUT2D eigenvalue weighted by atomic mass is 9.82. The van der Waals surface area contributed by atoms with E-state index in [9.17, 15) is 9.18 Å². The minimum atomic E-state index is -0.403. The van der Waals surface area contributed by atoms with Crippen LogP contribution in [0.5, 0.6) is 0 Å². The lowest BCUT2D eigenvalue weighted by molar-refractivity contribution is -0.125. The molecule has 4 heteroatoms. The molecule has 1 aromatic carbocycles. The molecule has 0 aromatic heterocycles. The van der Waals surface area contributed by atoms with Crippen LogP contribution >= 0.6 is 0 Å². The third-order valence-corrected chi connectivity index (χ3v) is 4.27. The summed E-state index contributed by atoms with van der Waals surface area (Å²) >= 11 is 0. The van der Waals surface area contributed by atoms with Crippen LogP contribution in [0.15, 0.2) is 18.2 Å². The van der Waals surface area contributed by atoms with Gasteiger partial charge >= 0.3 is 0 Å². The van der Waals surface area contributed by atoms with Crippen LogP contribution in [0.2, 0.25) is 0 Å². The van der Waals surface area contributed by atoms with E-state index in [4.69, 9.17) is 5.73 Å². The van der Waals surface area contributed by atoms with Crippen molar-refractivity contribution in [1.29, 1.82) is 0 Å². The average Bonchev–Trinajstić information content (AvgIpc) is 2.98. The molecule has 1 fully saturated rings. The third-order valence-electron chi connectivity index (χ3n) is 4.27. The molecule has 0 unspecified atom stereocenters. The van der Waals surface area contributed by atoms with Crippen LogP contribution < -0.4 is 11.1 Å². The number of halogens is 1. The Kier molecular flexibility index (Phi) is 4.98. The standard InChI is InChI=1S/C17H21FN2O/c1-2-17(9-3-4-10-17)16(21)20-14-7-8-15(18)13(12-14)6-5-11-19/h7-8,12H,2-4,9-11,19H2,1H3,(H,20,21). The van der Waals surface area contributed by atoms with Gasteiger partial charge < -0.3 is 11.1 Å². The number of carbonyl (C=O) groups excluding carboxylic acids is 1. The summed E-state index contributed by atoms with van der Waals surface area (Å²) in [5.41, 5.74) is 5.88. The normalized spacial score (nSPS) is 16.1. The molecule has 0 radical (unpaired) electrons. The number of nitrogens with two attached hydrogens (primary N) is 1. The van der Waals surface area contributed by atoms with Gasteiger partial charge in [-0.3, -0.25) is 4.79 Å². The van der Waals surface area contributed by atoms with Crippen LogP contribution in [-0.4, -0.2) is 12.5 Å². The molecule has 0 aliphatic heterocycles. The van der Waals surface area contributed by atoms with E-state index in [1.165, 1.54) is 6.07 Å². The van der Waals surface area contributed by atoms with Gasteiger partial charge in [-0.1, -0.05) is 31.6 Å². The Labute approximate surface area is 125 Å². The van der Waals surface area contributed by atoms with E-state index in [1.807, 2.05) is 6.92 Å². The number of benzene rings is 1. The van der Waals surface area contributed by atoms with Gasteiger partial charge in [0.05, 0.1) is 12.1 Å². The zero-order chi connectivity index (χ0) is 15.3. The van der Waals surface area contributed by atoms with E-state index in [0.29, 0.717) is 5.69 Å². The first kappa shape index (κ1) is 15.5. The maximum absolute atomic E-state index is 13.6. The van der Waals surface area contributed by atoms with Crippen molar-refractivity contribution in [3.05, 3.63) is 29.6 Å². The molecule has 1 aliphatic carbocycles. The van der Waals surface area contributed by atoms with Crippen LogP contribution in [0, 0.1) is 23.1 Å². The first-order valence-electron chi connectivity index (χ1n) is 7.41. The van der Waals surface area contributed by atoms with Gasteiger partial charge in [-0.15, -0.1) is 0 Å². The van der Waals surface area contributed by atoms with Crippen LogP contribution in [0.25, 0.3) is 0 Å². The van der Waals surface area contributed by atoms with Gasteiger partial charge in [0.25, 0.3) is 0 Å². The highest BCUT2D eigenvalue weighted by molar-refractivity contribution is 5.95. The van der Waals surface area contributed by atoms with Crippen LogP contribution in [0.1, 0.15) is 44.6 Å². The second-order valence-corrected chi connectivity index (χ2v) is 5.50. The van der Waals surface area contributed by atoms with E-state index in [1.54, 1.807) is 12.1 Å². The maximum atomic E-state index is 13.6. The van der Waals surface area contributed by atoms with Crippen molar-refractivity contribution in [1.82, 2.24) is 0 Å². The molecule has 1 amide bonds. The van der Waals surface area contributed by atoms with Crippen molar-refractivity contribution in [3.8, 4) is 11.8 Å². The van der Waals surface area contributed by atoms with E-state index in [0.717, 1.165) is 32.1 Å². The summed E-state index contributed by atoms with van der Waals surface area (Å²) in [7, 11) is 0. The van der Waals surface area contributed by atoms with Gasteiger partial charge in [0.2, 0.25) is 5.91 Å². The van der Waals surface area contributed by atoms with E-state index in [2.05, 4.69) is 17.2 Å². The Morgan fingerprint density at radius 2 is 2.14 bits per heavy atom. The summed E-state index contributed by atoms with van der Waals surface area (Å²) in [6.45, 7) is 2.22. The molecule has 112 valence electrons. The number of nitrogens with one attached hydrogen (secondary N) is 1. The predicted molar refractivity (Wildman–Crippen MR) is 82.2 cm³/mol. The predicted octanol–water partition coefficient (Wildman–Crippen LogP) is 3.04. The van der Waals surface area contributed by atoms with Gasteiger partial charge in [0.1, 0.15) is 5.82 Å². The molecule has 3 nitrogen and oxygen atoms in total. The van der Waals surface area contributed by atoms with Gasteiger partial charge in [0, 0.05) is 11.1 Å². The third kappa shape index (κ3) is 3.43. The molecule has 0 saturated heterocycles. The summed E-state index contributed by atoms with van der Waals surface area (Å²) in [4.78, 5) is 12.5. The summed E-state index contributed by atoms with van der Waals surface area (Å²) in [5, 5.41) is 2.92. The number of anilines is 1. The Bertz CT molecular complexity index is 580. The zero-order valence-electron chi connectivity index (χ0n) is 12.3. The molecule has 21 heavy (non-hydrogen) atoms. The van der Waals surface area contributed by atoms with Crippen molar-refractivity contribution in [2.45, 2.75) is 39.0 Å². The zero-order valence-corrected chi connectivity index (χ0v) is 12.3. The number of carbonyl (C=O) groups is 1. The van der Waals surface area contributed by atoms with Crippen LogP contribution in [0.3, 0.4) is 0 Å². The Balaban J connectivity index is 2.17. The molecule has 0 bridgehead atoms. The van der Waals surface area contributed by atoms with Crippen molar-refractivity contribution in [2.24, 2.45) is 11.1 Å². The second-order valence-electron chi connectivity index (χ2n) is 5.50. The Hall–Kier alpha value is -1.86. The Morgan fingerprint density at radius 3 is 2.76 bits per heavy atom. The highest BCUT2D eigenvalue weighted by Gasteiger charge is 2.39. The van der Waals surface area contributed by atoms with Crippen molar-refractivity contribution in [2.75, 3.05) is 11.9 Å². The van der Waals surface area contributed by atoms with Gasteiger partial charge in [-0.05, 0) is 37.5 Å². The molecule has 0 atom stereocenters. The molecule has 0 spiro atoms. The fourth-order valence-electron chi connectivity index (χ4n) is 2.90. The SMILES string of the molecule is CCC1(C(=O)Nc2ccc(F)c(C#CCN)c2)CCCC1. The van der Waals surface area contributed by atoms with Crippen molar-refractivity contribution >= 4 is 11.6 Å². The average molecular weight is 288 g/mol.